The summed E-state index contributed by atoms with van der Waals surface area (Å²) in [5, 5.41) is 19.1. The van der Waals surface area contributed by atoms with E-state index in [0.29, 0.717) is 0 Å². The lowest BCUT2D eigenvalue weighted by Crippen LogP contribution is -2.51. The maximum atomic E-state index is 13.6. The molecule has 0 spiro atoms. The number of carbonyl (C=O) groups is 5. The van der Waals surface area contributed by atoms with Crippen LogP contribution in [-0.2, 0) is 25.6 Å². The summed E-state index contributed by atoms with van der Waals surface area (Å²) in [6.07, 6.45) is 0.00424. The van der Waals surface area contributed by atoms with E-state index in [1.807, 2.05) is 6.07 Å². The second kappa shape index (κ2) is 14.8. The molecule has 0 radical (unpaired) electrons. The molecule has 0 aromatic heterocycles. The maximum absolute atomic E-state index is 13.6. The lowest BCUT2D eigenvalue weighted by molar-refractivity contribution is -0.130. The van der Waals surface area contributed by atoms with E-state index < -0.39 is 47.4 Å². The van der Waals surface area contributed by atoms with Crippen molar-refractivity contribution in [3.8, 4) is 6.07 Å². The first-order chi connectivity index (χ1) is 18.5. The summed E-state index contributed by atoms with van der Waals surface area (Å²) in [4.78, 5) is 61.5. The Morgan fingerprint density at radius 3 is 2.28 bits per heavy atom. The average molecular weight is 539 g/mol. The second-order valence-electron chi connectivity index (χ2n) is 9.04. The minimum absolute atomic E-state index is 0.0184. The van der Waals surface area contributed by atoms with E-state index in [-0.39, 0.29) is 43.0 Å². The molecule has 6 N–H and O–H groups in total. The number of nitrogens with zero attached hydrogens (tertiary/aromatic N) is 1. The molecule has 2 aromatic carbocycles. The molecule has 0 aliphatic rings. The summed E-state index contributed by atoms with van der Waals surface area (Å²) in [5.41, 5.74) is 5.58. The summed E-state index contributed by atoms with van der Waals surface area (Å²) in [7, 11) is 0. The van der Waals surface area contributed by atoms with Gasteiger partial charge in [-0.15, -0.1) is 0 Å². The number of nitrogens with two attached hydrogens (primary N) is 1. The fourth-order valence-electron chi connectivity index (χ4n) is 3.54. The van der Waals surface area contributed by atoms with Crippen LogP contribution in [0.5, 0.6) is 0 Å². The molecule has 0 heterocycles. The van der Waals surface area contributed by atoms with Gasteiger partial charge in [0, 0.05) is 24.9 Å². The standard InChI is InChI=1S/C27H31FN6O5/c1-16(2)24(34-25(37)18-8-9-20(28)19(13-18)14-29)27(39)31-11-10-23(36)33-21(26(38)32-15-22(30)35)12-17-6-4-3-5-7-17/h3-9,13,16,21,24H,10-12,15H2,1-2H3,(H2,30,35)(H,31,39)(H,32,38)(H,33,36)(H,34,37)/t21-,24-/m0/s1/i28+0. The minimum Gasteiger partial charge on any atom is -0.368 e. The number of benzene rings is 2. The van der Waals surface area contributed by atoms with Crippen LogP contribution in [0, 0.1) is 23.1 Å². The first kappa shape index (κ1) is 30.4. The Balaban J connectivity index is 1.95. The highest BCUT2D eigenvalue weighted by atomic mass is 19.1. The van der Waals surface area contributed by atoms with E-state index in [4.69, 9.17) is 11.0 Å². The third kappa shape index (κ3) is 9.88. The molecule has 39 heavy (non-hydrogen) atoms. The topological polar surface area (TPSA) is 183 Å². The number of hydrogen-bond acceptors (Lipinski definition) is 6. The number of hydrogen-bond donors (Lipinski definition) is 5. The highest BCUT2D eigenvalue weighted by Gasteiger charge is 2.26. The molecular formula is C27H31FN6O5. The molecule has 206 valence electrons. The summed E-state index contributed by atoms with van der Waals surface area (Å²) in [6, 6.07) is 11.9. The first-order valence-electron chi connectivity index (χ1n) is 12.2. The number of primary amides is 1. The Bertz CT molecular complexity index is 1240. The molecule has 11 nitrogen and oxygen atoms in total. The number of nitriles is 1. The molecule has 0 aliphatic heterocycles. The van der Waals surface area contributed by atoms with Crippen LogP contribution in [0.2, 0.25) is 0 Å². The predicted octanol–water partition coefficient (Wildman–Crippen LogP) is 0.287. The molecule has 0 aliphatic carbocycles. The van der Waals surface area contributed by atoms with Gasteiger partial charge in [0.2, 0.25) is 23.6 Å². The molecule has 2 aromatic rings. The number of nitrogens with one attached hydrogen (secondary N) is 4. The maximum Gasteiger partial charge on any atom is 0.251 e. The number of rotatable bonds is 13. The minimum atomic E-state index is -0.980. The Hall–Kier alpha value is -4.79. The molecule has 0 saturated carbocycles. The number of carbonyl (C=O) groups excluding carboxylic acids is 5. The van der Waals surface area contributed by atoms with Crippen molar-refractivity contribution in [3.05, 3.63) is 71.0 Å². The Morgan fingerprint density at radius 2 is 1.67 bits per heavy atom. The van der Waals surface area contributed by atoms with Crippen molar-refractivity contribution in [2.45, 2.75) is 38.8 Å². The van der Waals surface area contributed by atoms with E-state index in [9.17, 15) is 28.4 Å². The van der Waals surface area contributed by atoms with Gasteiger partial charge in [-0.25, -0.2) is 4.39 Å². The van der Waals surface area contributed by atoms with Crippen LogP contribution in [0.25, 0.3) is 0 Å². The zero-order valence-corrected chi connectivity index (χ0v) is 21.6. The van der Waals surface area contributed by atoms with Crippen LogP contribution in [0.3, 0.4) is 0 Å². The third-order valence-electron chi connectivity index (χ3n) is 5.61. The molecule has 0 unspecified atom stereocenters. The van der Waals surface area contributed by atoms with E-state index in [1.165, 1.54) is 6.07 Å². The van der Waals surface area contributed by atoms with Crippen LogP contribution in [0.15, 0.2) is 48.5 Å². The van der Waals surface area contributed by atoms with Gasteiger partial charge in [0.1, 0.15) is 24.0 Å². The van der Waals surface area contributed by atoms with E-state index >= 15 is 0 Å². The SMILES string of the molecule is CC(C)[C@H](NC(=O)c1ccc([19F])c(C#N)c1)C(=O)NCCC(=O)N[C@@H](Cc1ccccc1)C(=O)NCC(N)=O. The molecule has 2 atom stereocenters. The lowest BCUT2D eigenvalue weighted by Gasteiger charge is -2.22. The lowest BCUT2D eigenvalue weighted by atomic mass is 10.0. The highest BCUT2D eigenvalue weighted by molar-refractivity contribution is 5.98. The number of amides is 5. The number of halogens is 1. The smallest absolute Gasteiger partial charge is 0.251 e. The van der Waals surface area contributed by atoms with Crippen molar-refractivity contribution in [3.63, 3.8) is 0 Å². The largest absolute Gasteiger partial charge is 0.368 e. The molecule has 0 saturated heterocycles. The average Bonchev–Trinajstić information content (AvgIpc) is 2.90. The normalized spacial score (nSPS) is 12.0. The fourth-order valence-corrected chi connectivity index (χ4v) is 3.54. The fraction of sp³-hybridized carbons (Fsp3) is 0.333. The van der Waals surface area contributed by atoms with Gasteiger partial charge < -0.3 is 27.0 Å². The monoisotopic (exact) mass is 538 g/mol. The van der Waals surface area contributed by atoms with E-state index in [2.05, 4.69) is 21.3 Å². The van der Waals surface area contributed by atoms with E-state index in [1.54, 1.807) is 44.2 Å². The highest BCUT2D eigenvalue weighted by Crippen LogP contribution is 2.11. The van der Waals surface area contributed by atoms with Crippen molar-refractivity contribution >= 4 is 29.5 Å². The van der Waals surface area contributed by atoms with Crippen molar-refractivity contribution in [2.75, 3.05) is 13.1 Å². The van der Waals surface area contributed by atoms with Crippen molar-refractivity contribution in [2.24, 2.45) is 11.7 Å². The van der Waals surface area contributed by atoms with Gasteiger partial charge in [0.25, 0.3) is 5.91 Å². The first-order valence-corrected chi connectivity index (χ1v) is 12.2. The Kier molecular flexibility index (Phi) is 11.6. The Labute approximate surface area is 225 Å². The quantitative estimate of drug-likeness (QED) is 0.244. The van der Waals surface area contributed by atoms with Crippen LogP contribution < -0.4 is 27.0 Å². The van der Waals surface area contributed by atoms with Crippen molar-refractivity contribution in [1.29, 1.82) is 5.26 Å². The molecule has 2 rings (SSSR count). The molecule has 0 bridgehead atoms. The van der Waals surface area contributed by atoms with Gasteiger partial charge in [0.05, 0.1) is 12.1 Å². The van der Waals surface area contributed by atoms with Gasteiger partial charge in [0.15, 0.2) is 0 Å². The third-order valence-corrected chi connectivity index (χ3v) is 5.61. The van der Waals surface area contributed by atoms with E-state index in [0.717, 1.165) is 17.7 Å². The van der Waals surface area contributed by atoms with Gasteiger partial charge in [-0.2, -0.15) is 5.26 Å². The zero-order chi connectivity index (χ0) is 28.9. The molecule has 5 amide bonds. The van der Waals surface area contributed by atoms with Gasteiger partial charge in [-0.3, -0.25) is 24.0 Å². The van der Waals surface area contributed by atoms with Crippen LogP contribution in [0.4, 0.5) is 4.39 Å². The van der Waals surface area contributed by atoms with Gasteiger partial charge in [-0.05, 0) is 29.7 Å². The van der Waals surface area contributed by atoms with Crippen LogP contribution >= 0.6 is 0 Å². The zero-order valence-electron chi connectivity index (χ0n) is 21.6. The van der Waals surface area contributed by atoms with Crippen molar-refractivity contribution < 1.29 is 28.4 Å². The predicted molar refractivity (Wildman–Crippen MR) is 139 cm³/mol. The van der Waals surface area contributed by atoms with Crippen LogP contribution in [0.1, 0.15) is 41.8 Å². The van der Waals surface area contributed by atoms with Gasteiger partial charge in [-0.1, -0.05) is 44.2 Å². The summed E-state index contributed by atoms with van der Waals surface area (Å²) >= 11 is 0. The van der Waals surface area contributed by atoms with Crippen molar-refractivity contribution in [1.82, 2.24) is 21.3 Å². The Morgan fingerprint density at radius 1 is 0.974 bits per heavy atom. The summed E-state index contributed by atoms with van der Waals surface area (Å²) in [5.74, 6) is -4.14. The van der Waals surface area contributed by atoms with Crippen LogP contribution in [-0.4, -0.2) is 54.7 Å². The summed E-state index contributed by atoms with van der Waals surface area (Å²) < 4.78 is 13.6. The second-order valence-corrected chi connectivity index (χ2v) is 9.04. The molecule has 12 heteroatoms. The molecular weight excluding hydrogens is 507 g/mol. The summed E-state index contributed by atoms with van der Waals surface area (Å²) in [6.45, 7) is 2.96. The van der Waals surface area contributed by atoms with Gasteiger partial charge >= 0.3 is 0 Å². The molecule has 0 fully saturated rings.